The fourth-order valence-electron chi connectivity index (χ4n) is 3.41. The third kappa shape index (κ3) is 2.93. The third-order valence-corrected chi connectivity index (χ3v) is 4.88. The molecular formula is C16H20F2N2O. The van der Waals surface area contributed by atoms with Crippen LogP contribution in [0.1, 0.15) is 24.8 Å². The van der Waals surface area contributed by atoms with Crippen LogP contribution in [0.4, 0.5) is 8.78 Å². The monoisotopic (exact) mass is 294 g/mol. The first-order valence-electron chi connectivity index (χ1n) is 7.51. The molecule has 0 aromatic heterocycles. The number of hydrogen-bond donors (Lipinski definition) is 1. The Morgan fingerprint density at radius 1 is 1.24 bits per heavy atom. The van der Waals surface area contributed by atoms with Gasteiger partial charge in [-0.1, -0.05) is 12.1 Å². The topological polar surface area (TPSA) is 32.3 Å². The van der Waals surface area contributed by atoms with Crippen LogP contribution in [0.5, 0.6) is 0 Å². The molecule has 3 nitrogen and oxygen atoms in total. The van der Waals surface area contributed by atoms with Gasteiger partial charge in [0.2, 0.25) is 5.91 Å². The maximum atomic E-state index is 13.6. The normalized spacial score (nSPS) is 21.0. The van der Waals surface area contributed by atoms with Crippen LogP contribution in [-0.4, -0.2) is 37.0 Å². The van der Waals surface area contributed by atoms with Crippen LogP contribution in [0.2, 0.25) is 0 Å². The molecular weight excluding hydrogens is 274 g/mol. The summed E-state index contributed by atoms with van der Waals surface area (Å²) in [6.45, 7) is 3.53. The maximum absolute atomic E-state index is 13.6. The van der Waals surface area contributed by atoms with Crippen molar-refractivity contribution in [3.05, 3.63) is 35.4 Å². The Kier molecular flexibility index (Phi) is 3.93. The van der Waals surface area contributed by atoms with Crippen LogP contribution in [0.3, 0.4) is 0 Å². The third-order valence-electron chi connectivity index (χ3n) is 4.88. The highest BCUT2D eigenvalue weighted by molar-refractivity contribution is 5.79. The molecule has 0 bridgehead atoms. The molecule has 1 amide bonds. The summed E-state index contributed by atoms with van der Waals surface area (Å²) in [5, 5.41) is 3.39. The molecule has 1 aromatic carbocycles. The van der Waals surface area contributed by atoms with Crippen LogP contribution in [0.15, 0.2) is 18.2 Å². The number of carbonyl (C=O) groups excluding carboxylic acids is 1. The molecule has 2 aliphatic rings. The Morgan fingerprint density at radius 2 is 2.00 bits per heavy atom. The lowest BCUT2D eigenvalue weighted by Gasteiger charge is -2.39. The second-order valence-corrected chi connectivity index (χ2v) is 6.20. The summed E-state index contributed by atoms with van der Waals surface area (Å²) in [5.74, 6) is -1.91. The van der Waals surface area contributed by atoms with Gasteiger partial charge in [-0.2, -0.15) is 0 Å². The molecule has 0 saturated carbocycles. The summed E-state index contributed by atoms with van der Waals surface area (Å²) in [7, 11) is 0. The highest BCUT2D eigenvalue weighted by atomic mass is 19.2. The lowest BCUT2D eigenvalue weighted by molar-refractivity contribution is -0.132. The quantitative estimate of drug-likeness (QED) is 0.906. The first-order valence-corrected chi connectivity index (χ1v) is 7.51. The molecule has 2 fully saturated rings. The van der Waals surface area contributed by atoms with Crippen LogP contribution in [-0.2, 0) is 11.2 Å². The molecule has 2 saturated heterocycles. The van der Waals surface area contributed by atoms with Crippen molar-refractivity contribution in [2.75, 3.05) is 26.2 Å². The van der Waals surface area contributed by atoms with Gasteiger partial charge in [0.05, 0.1) is 6.42 Å². The van der Waals surface area contributed by atoms with E-state index >= 15 is 0 Å². The minimum Gasteiger partial charge on any atom is -0.342 e. The van der Waals surface area contributed by atoms with Crippen molar-refractivity contribution in [1.82, 2.24) is 10.2 Å². The van der Waals surface area contributed by atoms with Crippen molar-refractivity contribution in [1.29, 1.82) is 0 Å². The first kappa shape index (κ1) is 14.4. The van der Waals surface area contributed by atoms with Crippen LogP contribution in [0.25, 0.3) is 0 Å². The molecule has 0 atom stereocenters. The molecule has 1 N–H and O–H groups in total. The van der Waals surface area contributed by atoms with E-state index in [9.17, 15) is 13.6 Å². The molecule has 5 heteroatoms. The number of carbonyl (C=O) groups is 1. The number of nitrogens with zero attached hydrogens (tertiary/aromatic N) is 1. The van der Waals surface area contributed by atoms with Crippen molar-refractivity contribution < 1.29 is 13.6 Å². The zero-order chi connectivity index (χ0) is 14.9. The number of hydrogen-bond acceptors (Lipinski definition) is 2. The molecule has 1 aromatic rings. The smallest absolute Gasteiger partial charge is 0.227 e. The van der Waals surface area contributed by atoms with E-state index in [1.165, 1.54) is 18.6 Å². The van der Waals surface area contributed by atoms with Crippen LogP contribution < -0.4 is 5.32 Å². The zero-order valence-corrected chi connectivity index (χ0v) is 12.0. The Labute approximate surface area is 123 Å². The molecule has 0 radical (unpaired) electrons. The second-order valence-electron chi connectivity index (χ2n) is 6.20. The van der Waals surface area contributed by atoms with E-state index in [0.29, 0.717) is 5.41 Å². The van der Waals surface area contributed by atoms with Gasteiger partial charge in [0.1, 0.15) is 0 Å². The lowest BCUT2D eigenvalue weighted by atomic mass is 9.78. The van der Waals surface area contributed by atoms with Crippen molar-refractivity contribution in [2.45, 2.75) is 25.7 Å². The minimum atomic E-state index is -0.903. The van der Waals surface area contributed by atoms with Crippen molar-refractivity contribution >= 4 is 5.91 Å². The standard InChI is InChI=1S/C16H20F2N2O/c17-13-3-1-2-12(15(13)18)10-14(21)20-8-5-16(6-9-20)4-7-19-11-16/h1-3,19H,4-11H2. The van der Waals surface area contributed by atoms with Gasteiger partial charge in [-0.05, 0) is 37.3 Å². The van der Waals surface area contributed by atoms with Crippen molar-refractivity contribution in [3.8, 4) is 0 Å². The molecule has 21 heavy (non-hydrogen) atoms. The van der Waals surface area contributed by atoms with Gasteiger partial charge in [0.25, 0.3) is 0 Å². The summed E-state index contributed by atoms with van der Waals surface area (Å²) in [5.41, 5.74) is 0.490. The van der Waals surface area contributed by atoms with Crippen molar-refractivity contribution in [2.24, 2.45) is 5.41 Å². The maximum Gasteiger partial charge on any atom is 0.227 e. The van der Waals surface area contributed by atoms with Crippen LogP contribution >= 0.6 is 0 Å². The number of halogens is 2. The molecule has 1 spiro atoms. The fourth-order valence-corrected chi connectivity index (χ4v) is 3.41. The van der Waals surface area contributed by atoms with E-state index in [-0.39, 0.29) is 17.9 Å². The highest BCUT2D eigenvalue weighted by Gasteiger charge is 2.38. The van der Waals surface area contributed by atoms with Crippen molar-refractivity contribution in [3.63, 3.8) is 0 Å². The van der Waals surface area contributed by atoms with E-state index in [0.717, 1.165) is 45.1 Å². The Hall–Kier alpha value is -1.49. The van der Waals surface area contributed by atoms with Gasteiger partial charge in [-0.3, -0.25) is 4.79 Å². The van der Waals surface area contributed by atoms with E-state index in [1.54, 1.807) is 4.90 Å². The van der Waals surface area contributed by atoms with Gasteiger partial charge in [0, 0.05) is 25.2 Å². The predicted molar refractivity (Wildman–Crippen MR) is 75.8 cm³/mol. The number of benzene rings is 1. The Bertz CT molecular complexity index is 531. The molecule has 0 aliphatic carbocycles. The van der Waals surface area contributed by atoms with E-state index in [1.807, 2.05) is 0 Å². The van der Waals surface area contributed by atoms with Gasteiger partial charge in [-0.25, -0.2) is 8.78 Å². The summed E-state index contributed by atoms with van der Waals surface area (Å²) in [4.78, 5) is 14.0. The number of likely N-dealkylation sites (tertiary alicyclic amines) is 1. The molecule has 2 aliphatic heterocycles. The minimum absolute atomic E-state index is 0.0607. The van der Waals surface area contributed by atoms with Gasteiger partial charge in [-0.15, -0.1) is 0 Å². The van der Waals surface area contributed by atoms with Gasteiger partial charge in [0.15, 0.2) is 11.6 Å². The number of amides is 1. The zero-order valence-electron chi connectivity index (χ0n) is 12.0. The Balaban J connectivity index is 1.60. The molecule has 3 rings (SSSR count). The number of nitrogens with one attached hydrogen (secondary N) is 1. The number of piperidine rings is 1. The van der Waals surface area contributed by atoms with Gasteiger partial charge < -0.3 is 10.2 Å². The predicted octanol–water partition coefficient (Wildman–Crippen LogP) is 2.11. The van der Waals surface area contributed by atoms with E-state index in [2.05, 4.69) is 5.32 Å². The Morgan fingerprint density at radius 3 is 2.67 bits per heavy atom. The second kappa shape index (κ2) is 5.72. The van der Waals surface area contributed by atoms with Crippen LogP contribution in [0, 0.1) is 17.0 Å². The SMILES string of the molecule is O=C(Cc1cccc(F)c1F)N1CCC2(CCNC2)CC1. The fraction of sp³-hybridized carbons (Fsp3) is 0.562. The average molecular weight is 294 g/mol. The largest absolute Gasteiger partial charge is 0.342 e. The summed E-state index contributed by atoms with van der Waals surface area (Å²) in [6, 6.07) is 3.99. The highest BCUT2D eigenvalue weighted by Crippen LogP contribution is 2.37. The molecule has 0 unspecified atom stereocenters. The molecule has 114 valence electrons. The summed E-state index contributed by atoms with van der Waals surface area (Å²) >= 11 is 0. The summed E-state index contributed by atoms with van der Waals surface area (Å²) < 4.78 is 26.8. The first-order chi connectivity index (χ1) is 10.1. The van der Waals surface area contributed by atoms with E-state index in [4.69, 9.17) is 0 Å². The lowest BCUT2D eigenvalue weighted by Crippen LogP contribution is -2.44. The number of rotatable bonds is 2. The van der Waals surface area contributed by atoms with E-state index < -0.39 is 11.6 Å². The van der Waals surface area contributed by atoms with Gasteiger partial charge >= 0.3 is 0 Å². The summed E-state index contributed by atoms with van der Waals surface area (Å²) in [6.07, 6.45) is 3.11. The average Bonchev–Trinajstić information content (AvgIpc) is 2.93. The molecule has 2 heterocycles.